The Labute approximate surface area is 218 Å². The molecule has 0 saturated heterocycles. The number of halogens is 2. The summed E-state index contributed by atoms with van der Waals surface area (Å²) in [5, 5.41) is 6.92. The number of carbonyl (C=O) groups is 1. The highest BCUT2D eigenvalue weighted by Gasteiger charge is 2.39. The van der Waals surface area contributed by atoms with Crippen LogP contribution in [-0.4, -0.2) is 35.5 Å². The van der Waals surface area contributed by atoms with Crippen LogP contribution >= 0.6 is 11.6 Å². The van der Waals surface area contributed by atoms with E-state index in [1.165, 1.54) is 16.8 Å². The van der Waals surface area contributed by atoms with E-state index in [1.54, 1.807) is 25.2 Å². The monoisotopic (exact) mass is 542 g/mol. The molecule has 0 atom stereocenters. The zero-order chi connectivity index (χ0) is 26.2. The summed E-state index contributed by atoms with van der Waals surface area (Å²) in [4.78, 5) is 12.9. The molecule has 37 heavy (non-hydrogen) atoms. The molecular weight excluding hydrogens is 519 g/mol. The quantitative estimate of drug-likeness (QED) is 0.322. The van der Waals surface area contributed by atoms with E-state index in [0.717, 1.165) is 11.6 Å². The molecule has 2 N–H and O–H groups in total. The highest BCUT2D eigenvalue weighted by molar-refractivity contribution is 7.93. The first-order valence-corrected chi connectivity index (χ1v) is 13.5. The lowest BCUT2D eigenvalue weighted by atomic mass is 9.95. The summed E-state index contributed by atoms with van der Waals surface area (Å²) in [6, 6.07) is 18.4. The summed E-state index contributed by atoms with van der Waals surface area (Å²) < 4.78 is 49.0. The number of aryl methyl sites for hydroxylation is 1. The van der Waals surface area contributed by atoms with Gasteiger partial charge in [-0.3, -0.25) is 14.2 Å². The normalized spacial score (nSPS) is 17.4. The van der Waals surface area contributed by atoms with Crippen LogP contribution in [0.2, 0.25) is 5.02 Å². The smallest absolute Gasteiger partial charge is 0.274 e. The van der Waals surface area contributed by atoms with E-state index < -0.39 is 27.0 Å². The number of rotatable bonds is 8. The van der Waals surface area contributed by atoms with Gasteiger partial charge in [0, 0.05) is 18.1 Å². The first-order chi connectivity index (χ1) is 17.7. The molecule has 0 aliphatic heterocycles. The van der Waals surface area contributed by atoms with Gasteiger partial charge in [0.05, 0.1) is 34.2 Å². The highest BCUT2D eigenvalue weighted by Crippen LogP contribution is 2.32. The Morgan fingerprint density at radius 3 is 2.57 bits per heavy atom. The molecule has 5 rings (SSSR count). The van der Waals surface area contributed by atoms with Gasteiger partial charge in [-0.05, 0) is 54.8 Å². The number of sulfonamides is 1. The Hall–Kier alpha value is -3.47. The van der Waals surface area contributed by atoms with Crippen molar-refractivity contribution in [2.45, 2.75) is 30.8 Å². The summed E-state index contributed by atoms with van der Waals surface area (Å²) in [5.74, 6) is -1.05. The van der Waals surface area contributed by atoms with Gasteiger partial charge in [-0.15, -0.1) is 0 Å². The standard InChI is InChI=1S/C26H24ClFN4O4S/c1-32-25(26(33)29-17-8-10-23(28)22(27)11-17)21-9-7-18(12-24(21)30-32)31-37(34,35)20-13-19(14-20)36-15-16-5-3-2-4-6-16/h2-12,19-20,31H,13-15H2,1H3,(H,29,33). The van der Waals surface area contributed by atoms with Gasteiger partial charge >= 0.3 is 0 Å². The maximum atomic E-state index is 13.4. The molecule has 0 spiro atoms. The Morgan fingerprint density at radius 2 is 1.84 bits per heavy atom. The van der Waals surface area contributed by atoms with Gasteiger partial charge in [0.2, 0.25) is 10.0 Å². The van der Waals surface area contributed by atoms with E-state index >= 15 is 0 Å². The Kier molecular flexibility index (Phi) is 6.89. The number of fused-ring (bicyclic) bond motifs is 1. The van der Waals surface area contributed by atoms with Crippen molar-refractivity contribution in [1.82, 2.24) is 9.78 Å². The lowest BCUT2D eigenvalue weighted by Gasteiger charge is -2.34. The third-order valence-electron chi connectivity index (χ3n) is 6.31. The molecule has 0 bridgehead atoms. The number of aromatic nitrogens is 2. The van der Waals surface area contributed by atoms with Crippen molar-refractivity contribution in [3.8, 4) is 0 Å². The van der Waals surface area contributed by atoms with Crippen LogP contribution in [0.3, 0.4) is 0 Å². The van der Waals surface area contributed by atoms with E-state index in [1.807, 2.05) is 30.3 Å². The zero-order valence-corrected chi connectivity index (χ0v) is 21.4. The van der Waals surface area contributed by atoms with Crippen LogP contribution in [0.4, 0.5) is 15.8 Å². The molecule has 1 aromatic heterocycles. The van der Waals surface area contributed by atoms with Crippen molar-refractivity contribution in [3.05, 3.63) is 88.8 Å². The third-order valence-corrected chi connectivity index (χ3v) is 8.38. The summed E-state index contributed by atoms with van der Waals surface area (Å²) in [5.41, 5.74) is 2.45. The lowest BCUT2D eigenvalue weighted by molar-refractivity contribution is -0.00642. The topological polar surface area (TPSA) is 102 Å². The average molecular weight is 543 g/mol. The van der Waals surface area contributed by atoms with E-state index in [2.05, 4.69) is 15.1 Å². The zero-order valence-electron chi connectivity index (χ0n) is 19.8. The van der Waals surface area contributed by atoms with Crippen molar-refractivity contribution in [3.63, 3.8) is 0 Å². The molecule has 3 aromatic carbocycles. The van der Waals surface area contributed by atoms with Crippen molar-refractivity contribution in [2.75, 3.05) is 10.0 Å². The second kappa shape index (κ2) is 10.1. The second-order valence-corrected chi connectivity index (χ2v) is 11.3. The van der Waals surface area contributed by atoms with Crippen LogP contribution in [0.5, 0.6) is 0 Å². The molecule has 192 valence electrons. The lowest BCUT2D eigenvalue weighted by Crippen LogP contribution is -2.43. The van der Waals surface area contributed by atoms with Gasteiger partial charge in [0.15, 0.2) is 0 Å². The Bertz CT molecular complexity index is 1570. The van der Waals surface area contributed by atoms with Crippen molar-refractivity contribution >= 4 is 49.8 Å². The molecule has 1 amide bonds. The SMILES string of the molecule is Cn1nc2cc(NS(=O)(=O)C3CC(OCc4ccccc4)C3)ccc2c1C(=O)Nc1ccc(F)c(Cl)c1. The van der Waals surface area contributed by atoms with Gasteiger partial charge in [-0.1, -0.05) is 41.9 Å². The van der Waals surface area contributed by atoms with Crippen molar-refractivity contribution < 1.29 is 22.3 Å². The van der Waals surface area contributed by atoms with Crippen molar-refractivity contribution in [2.24, 2.45) is 7.05 Å². The van der Waals surface area contributed by atoms with E-state index in [4.69, 9.17) is 16.3 Å². The van der Waals surface area contributed by atoms with Gasteiger partial charge in [0.1, 0.15) is 11.5 Å². The summed E-state index contributed by atoms with van der Waals surface area (Å²) in [6.45, 7) is 0.451. The summed E-state index contributed by atoms with van der Waals surface area (Å²) in [7, 11) is -2.00. The van der Waals surface area contributed by atoms with E-state index in [0.29, 0.717) is 41.7 Å². The predicted molar refractivity (Wildman–Crippen MR) is 141 cm³/mol. The number of ether oxygens (including phenoxy) is 1. The number of benzene rings is 3. The summed E-state index contributed by atoms with van der Waals surface area (Å²) >= 11 is 5.80. The summed E-state index contributed by atoms with van der Waals surface area (Å²) in [6.07, 6.45) is 0.745. The number of amides is 1. The van der Waals surface area contributed by atoms with Crippen LogP contribution in [0, 0.1) is 5.82 Å². The van der Waals surface area contributed by atoms with E-state index in [-0.39, 0.29) is 16.8 Å². The minimum atomic E-state index is -3.62. The number of nitrogens with zero attached hydrogens (tertiary/aromatic N) is 2. The molecule has 0 unspecified atom stereocenters. The van der Waals surface area contributed by atoms with Crippen molar-refractivity contribution in [1.29, 1.82) is 0 Å². The first-order valence-electron chi connectivity index (χ1n) is 11.6. The number of hydrogen-bond acceptors (Lipinski definition) is 5. The molecule has 1 fully saturated rings. The molecule has 11 heteroatoms. The molecule has 4 aromatic rings. The second-order valence-electron chi connectivity index (χ2n) is 8.95. The Balaban J connectivity index is 1.24. The number of nitrogens with one attached hydrogen (secondary N) is 2. The first kappa shape index (κ1) is 25.2. The largest absolute Gasteiger partial charge is 0.373 e. The minimum Gasteiger partial charge on any atom is -0.373 e. The molecule has 8 nitrogen and oxygen atoms in total. The fourth-order valence-corrected chi connectivity index (χ4v) is 5.98. The maximum absolute atomic E-state index is 13.4. The van der Waals surface area contributed by atoms with Crippen LogP contribution in [0.25, 0.3) is 10.9 Å². The fraction of sp³-hybridized carbons (Fsp3) is 0.231. The van der Waals surface area contributed by atoms with Gasteiger partial charge < -0.3 is 10.1 Å². The minimum absolute atomic E-state index is 0.0999. The molecule has 1 heterocycles. The molecule has 1 aliphatic rings. The predicted octanol–water partition coefficient (Wildman–Crippen LogP) is 5.11. The van der Waals surface area contributed by atoms with Crippen LogP contribution < -0.4 is 10.0 Å². The van der Waals surface area contributed by atoms with Gasteiger partial charge in [0.25, 0.3) is 5.91 Å². The van der Waals surface area contributed by atoms with E-state index in [9.17, 15) is 17.6 Å². The Morgan fingerprint density at radius 1 is 1.11 bits per heavy atom. The number of hydrogen-bond donors (Lipinski definition) is 2. The van der Waals surface area contributed by atoms with Crippen LogP contribution in [0.1, 0.15) is 28.9 Å². The average Bonchev–Trinajstić information content (AvgIpc) is 3.15. The van der Waals surface area contributed by atoms with Gasteiger partial charge in [-0.2, -0.15) is 5.10 Å². The van der Waals surface area contributed by atoms with Crippen LogP contribution in [0.15, 0.2) is 66.7 Å². The molecule has 1 aliphatic carbocycles. The number of carbonyl (C=O) groups excluding carboxylic acids is 1. The fourth-order valence-electron chi connectivity index (χ4n) is 4.24. The molecular formula is C26H24ClFN4O4S. The molecule has 1 saturated carbocycles. The molecule has 0 radical (unpaired) electrons. The number of anilines is 2. The van der Waals surface area contributed by atoms with Gasteiger partial charge in [-0.25, -0.2) is 12.8 Å². The maximum Gasteiger partial charge on any atom is 0.274 e. The highest BCUT2D eigenvalue weighted by atomic mass is 35.5. The third kappa shape index (κ3) is 5.46. The van der Waals surface area contributed by atoms with Crippen LogP contribution in [-0.2, 0) is 28.4 Å².